The lowest BCUT2D eigenvalue weighted by Gasteiger charge is -2.16. The van der Waals surface area contributed by atoms with Crippen LogP contribution in [0.4, 0.5) is 0 Å². The lowest BCUT2D eigenvalue weighted by molar-refractivity contribution is 0.269. The van der Waals surface area contributed by atoms with Crippen LogP contribution in [0.2, 0.25) is 10.0 Å². The van der Waals surface area contributed by atoms with E-state index < -0.39 is 0 Å². The highest BCUT2D eigenvalue weighted by Crippen LogP contribution is 2.35. The molecular weight excluding hydrogens is 475 g/mol. The van der Waals surface area contributed by atoms with Crippen LogP contribution in [0.1, 0.15) is 23.7 Å². The first-order valence-electron chi connectivity index (χ1n) is 9.19. The van der Waals surface area contributed by atoms with Gasteiger partial charge in [0.05, 0.1) is 22.3 Å². The van der Waals surface area contributed by atoms with Crippen molar-refractivity contribution in [3.63, 3.8) is 0 Å². The Balaban J connectivity index is 1.68. The molecule has 0 amide bonds. The monoisotopic (exact) mass is 494 g/mol. The van der Waals surface area contributed by atoms with E-state index in [9.17, 15) is 0 Å². The molecule has 0 saturated heterocycles. The van der Waals surface area contributed by atoms with E-state index >= 15 is 0 Å². The van der Waals surface area contributed by atoms with E-state index in [1.807, 2.05) is 43.3 Å². The van der Waals surface area contributed by atoms with Crippen LogP contribution < -0.4 is 14.8 Å². The molecule has 2 aromatic carbocycles. The van der Waals surface area contributed by atoms with Crippen molar-refractivity contribution >= 4 is 39.1 Å². The van der Waals surface area contributed by atoms with Crippen LogP contribution in [-0.4, -0.2) is 11.6 Å². The molecule has 29 heavy (non-hydrogen) atoms. The van der Waals surface area contributed by atoms with Crippen LogP contribution in [-0.2, 0) is 19.7 Å². The number of nitrogens with zero attached hydrogens (tertiary/aromatic N) is 1. The Labute approximate surface area is 189 Å². The molecule has 1 aromatic heterocycles. The van der Waals surface area contributed by atoms with Gasteiger partial charge < -0.3 is 14.8 Å². The minimum absolute atomic E-state index is 0.362. The third-order valence-electron chi connectivity index (χ3n) is 4.14. The smallest absolute Gasteiger partial charge is 0.162 e. The van der Waals surface area contributed by atoms with E-state index in [-0.39, 0.29) is 0 Å². The second kappa shape index (κ2) is 10.8. The molecule has 0 radical (unpaired) electrons. The van der Waals surface area contributed by atoms with Gasteiger partial charge in [0.1, 0.15) is 6.61 Å². The van der Waals surface area contributed by atoms with Crippen LogP contribution >= 0.6 is 39.1 Å². The maximum absolute atomic E-state index is 6.08. The molecule has 7 heteroatoms. The number of hydrogen-bond acceptors (Lipinski definition) is 4. The van der Waals surface area contributed by atoms with Crippen molar-refractivity contribution in [1.82, 2.24) is 10.3 Å². The van der Waals surface area contributed by atoms with Gasteiger partial charge in [-0.15, -0.1) is 0 Å². The van der Waals surface area contributed by atoms with Crippen molar-refractivity contribution < 1.29 is 9.47 Å². The van der Waals surface area contributed by atoms with Gasteiger partial charge >= 0.3 is 0 Å². The highest BCUT2D eigenvalue weighted by atomic mass is 79.9. The number of nitrogens with one attached hydrogen (secondary N) is 1. The molecule has 3 aromatic rings. The van der Waals surface area contributed by atoms with Gasteiger partial charge in [-0.05, 0) is 54.4 Å². The number of rotatable bonds is 9. The van der Waals surface area contributed by atoms with Gasteiger partial charge in [-0.25, -0.2) is 0 Å². The molecule has 0 aliphatic rings. The Bertz CT molecular complexity index is 955. The topological polar surface area (TPSA) is 43.4 Å². The van der Waals surface area contributed by atoms with Crippen LogP contribution in [0.15, 0.2) is 59.2 Å². The zero-order chi connectivity index (χ0) is 20.6. The quantitative estimate of drug-likeness (QED) is 0.372. The second-order valence-corrected chi connectivity index (χ2v) is 7.95. The van der Waals surface area contributed by atoms with Crippen molar-refractivity contribution in [3.05, 3.63) is 86.1 Å². The molecule has 152 valence electrons. The van der Waals surface area contributed by atoms with Crippen molar-refractivity contribution in [2.45, 2.75) is 26.6 Å². The van der Waals surface area contributed by atoms with Crippen molar-refractivity contribution in [2.75, 3.05) is 6.61 Å². The maximum atomic E-state index is 6.08. The van der Waals surface area contributed by atoms with Gasteiger partial charge in [-0.2, -0.15) is 0 Å². The summed E-state index contributed by atoms with van der Waals surface area (Å²) < 4.78 is 12.7. The minimum Gasteiger partial charge on any atom is -0.490 e. The molecule has 0 aliphatic heterocycles. The average Bonchev–Trinajstić information content (AvgIpc) is 2.72. The molecule has 0 saturated carbocycles. The minimum atomic E-state index is 0.362. The van der Waals surface area contributed by atoms with Gasteiger partial charge in [0.2, 0.25) is 0 Å². The molecule has 4 nitrogen and oxygen atoms in total. The highest BCUT2D eigenvalue weighted by Gasteiger charge is 2.12. The molecular formula is C22H21BrCl2N2O2. The van der Waals surface area contributed by atoms with Crippen LogP contribution in [0, 0.1) is 0 Å². The summed E-state index contributed by atoms with van der Waals surface area (Å²) in [5.41, 5.74) is 3.00. The van der Waals surface area contributed by atoms with Crippen LogP contribution in [0.25, 0.3) is 0 Å². The Kier molecular flexibility index (Phi) is 8.19. The first-order valence-corrected chi connectivity index (χ1v) is 10.7. The molecule has 0 atom stereocenters. The number of hydrogen-bond donors (Lipinski definition) is 1. The maximum Gasteiger partial charge on any atom is 0.162 e. The normalized spacial score (nSPS) is 10.8. The van der Waals surface area contributed by atoms with E-state index in [1.165, 1.54) is 0 Å². The third-order valence-corrected chi connectivity index (χ3v) is 5.62. The summed E-state index contributed by atoms with van der Waals surface area (Å²) >= 11 is 15.7. The SMILES string of the molecule is CCOc1cc(CNCc2ccccn2)c(Br)cc1OCc1ccc(Cl)c(Cl)c1. The number of benzene rings is 2. The van der Waals surface area contributed by atoms with Crippen LogP contribution in [0.3, 0.4) is 0 Å². The predicted octanol–water partition coefficient (Wildman–Crippen LogP) is 6.42. The third kappa shape index (κ3) is 6.34. The summed E-state index contributed by atoms with van der Waals surface area (Å²) in [6.07, 6.45) is 1.79. The molecule has 0 unspecified atom stereocenters. The van der Waals surface area contributed by atoms with Gasteiger partial charge in [-0.3, -0.25) is 4.98 Å². The average molecular weight is 496 g/mol. The highest BCUT2D eigenvalue weighted by molar-refractivity contribution is 9.10. The molecule has 1 heterocycles. The van der Waals surface area contributed by atoms with Gasteiger partial charge in [0.25, 0.3) is 0 Å². The Hall–Kier alpha value is -1.79. The fourth-order valence-corrected chi connectivity index (χ4v) is 3.50. The van der Waals surface area contributed by atoms with Crippen molar-refractivity contribution in [1.29, 1.82) is 0 Å². The number of ether oxygens (including phenoxy) is 2. The Morgan fingerprint density at radius 2 is 1.79 bits per heavy atom. The molecule has 0 bridgehead atoms. The predicted molar refractivity (Wildman–Crippen MR) is 121 cm³/mol. The van der Waals surface area contributed by atoms with E-state index in [4.69, 9.17) is 32.7 Å². The molecule has 1 N–H and O–H groups in total. The van der Waals surface area contributed by atoms with Gasteiger partial charge in [0, 0.05) is 23.8 Å². The van der Waals surface area contributed by atoms with Crippen LogP contribution in [0.5, 0.6) is 11.5 Å². The first kappa shape index (κ1) is 21.9. The lowest BCUT2D eigenvalue weighted by atomic mass is 10.2. The fraction of sp³-hybridized carbons (Fsp3) is 0.227. The summed E-state index contributed by atoms with van der Waals surface area (Å²) in [6, 6.07) is 15.3. The van der Waals surface area contributed by atoms with Gasteiger partial charge in [0.15, 0.2) is 11.5 Å². The standard InChI is InChI=1S/C22H21BrCl2N2O2/c1-2-28-21-10-16(12-26-13-17-5-3-4-8-27-17)18(23)11-22(21)29-14-15-6-7-19(24)20(25)9-15/h3-11,26H,2,12-14H2,1H3. The summed E-state index contributed by atoms with van der Waals surface area (Å²) in [6.45, 7) is 4.22. The second-order valence-electron chi connectivity index (χ2n) is 6.29. The molecule has 0 aliphatic carbocycles. The Morgan fingerprint density at radius 1 is 0.966 bits per heavy atom. The summed E-state index contributed by atoms with van der Waals surface area (Å²) in [5, 5.41) is 4.43. The number of halogens is 3. The van der Waals surface area contributed by atoms with E-state index in [0.717, 1.165) is 21.3 Å². The molecule has 0 fully saturated rings. The molecule has 3 rings (SSSR count). The summed E-state index contributed by atoms with van der Waals surface area (Å²) in [5.74, 6) is 1.36. The zero-order valence-corrected chi connectivity index (χ0v) is 19.0. The summed E-state index contributed by atoms with van der Waals surface area (Å²) in [7, 11) is 0. The Morgan fingerprint density at radius 3 is 2.52 bits per heavy atom. The van der Waals surface area contributed by atoms with Gasteiger partial charge in [-0.1, -0.05) is 51.3 Å². The molecule has 0 spiro atoms. The van der Waals surface area contributed by atoms with Crippen molar-refractivity contribution in [3.8, 4) is 11.5 Å². The lowest BCUT2D eigenvalue weighted by Crippen LogP contribution is -2.14. The van der Waals surface area contributed by atoms with E-state index in [1.54, 1.807) is 18.3 Å². The first-order chi connectivity index (χ1) is 14.1. The fourth-order valence-electron chi connectivity index (χ4n) is 2.71. The number of pyridine rings is 1. The van der Waals surface area contributed by atoms with Crippen molar-refractivity contribution in [2.24, 2.45) is 0 Å². The zero-order valence-electron chi connectivity index (χ0n) is 15.9. The van der Waals surface area contributed by atoms with E-state index in [2.05, 4.69) is 26.2 Å². The summed E-state index contributed by atoms with van der Waals surface area (Å²) in [4.78, 5) is 4.32. The largest absolute Gasteiger partial charge is 0.490 e. The number of aromatic nitrogens is 1. The van der Waals surface area contributed by atoms with E-state index in [0.29, 0.717) is 47.8 Å².